The SMILES string of the molecule is CC(C)(C)Nc1cncc(-c2ccc3cnc(NC(=O)c4ccnc(N5CCOCC5)c4)cc3c2)n1. The number of hydrogen-bond acceptors (Lipinski definition) is 8. The molecule has 0 aliphatic carbocycles. The van der Waals surface area contributed by atoms with E-state index in [-0.39, 0.29) is 11.4 Å². The Hall–Kier alpha value is -4.11. The van der Waals surface area contributed by atoms with E-state index in [0.717, 1.165) is 46.8 Å². The Balaban J connectivity index is 1.36. The van der Waals surface area contributed by atoms with Crippen LogP contribution in [0.5, 0.6) is 0 Å². The monoisotopic (exact) mass is 483 g/mol. The normalized spacial score (nSPS) is 14.0. The Morgan fingerprint density at radius 2 is 1.78 bits per heavy atom. The summed E-state index contributed by atoms with van der Waals surface area (Å²) in [5.74, 6) is 1.73. The highest BCUT2D eigenvalue weighted by Gasteiger charge is 2.16. The maximum Gasteiger partial charge on any atom is 0.257 e. The summed E-state index contributed by atoms with van der Waals surface area (Å²) in [4.78, 5) is 33.0. The van der Waals surface area contributed by atoms with Gasteiger partial charge in [-0.25, -0.2) is 15.0 Å². The summed E-state index contributed by atoms with van der Waals surface area (Å²) >= 11 is 0. The first kappa shape index (κ1) is 23.6. The quantitative estimate of drug-likeness (QED) is 0.431. The van der Waals surface area contributed by atoms with Gasteiger partial charge in [0.05, 0.1) is 31.3 Å². The Kier molecular flexibility index (Phi) is 6.47. The molecule has 184 valence electrons. The first-order chi connectivity index (χ1) is 17.3. The Morgan fingerprint density at radius 1 is 0.944 bits per heavy atom. The molecular weight excluding hydrogens is 454 g/mol. The van der Waals surface area contributed by atoms with E-state index >= 15 is 0 Å². The lowest BCUT2D eigenvalue weighted by Gasteiger charge is -2.27. The van der Waals surface area contributed by atoms with Crippen molar-refractivity contribution in [2.75, 3.05) is 41.8 Å². The van der Waals surface area contributed by atoms with Crippen molar-refractivity contribution in [3.8, 4) is 11.3 Å². The molecule has 1 saturated heterocycles. The number of morpholine rings is 1. The number of ether oxygens (including phenoxy) is 1. The minimum absolute atomic E-state index is 0.118. The summed E-state index contributed by atoms with van der Waals surface area (Å²) in [6, 6.07) is 11.4. The number of hydrogen-bond donors (Lipinski definition) is 2. The second kappa shape index (κ2) is 9.87. The summed E-state index contributed by atoms with van der Waals surface area (Å²) in [5.41, 5.74) is 2.11. The van der Waals surface area contributed by atoms with Crippen LogP contribution in [0.15, 0.2) is 61.2 Å². The maximum atomic E-state index is 13.0. The van der Waals surface area contributed by atoms with Crippen molar-refractivity contribution < 1.29 is 9.53 Å². The number of benzene rings is 1. The molecule has 4 heterocycles. The Bertz CT molecular complexity index is 1390. The second-order valence-electron chi connectivity index (χ2n) is 9.75. The predicted molar refractivity (Wildman–Crippen MR) is 141 cm³/mol. The number of rotatable bonds is 5. The summed E-state index contributed by atoms with van der Waals surface area (Å²) in [5, 5.41) is 8.18. The molecule has 5 rings (SSSR count). The predicted octanol–water partition coefficient (Wildman–Crippen LogP) is 4.39. The fourth-order valence-corrected chi connectivity index (χ4v) is 4.03. The van der Waals surface area contributed by atoms with E-state index in [1.54, 1.807) is 36.9 Å². The van der Waals surface area contributed by atoms with Gasteiger partial charge in [0.1, 0.15) is 17.5 Å². The highest BCUT2D eigenvalue weighted by Crippen LogP contribution is 2.25. The summed E-state index contributed by atoms with van der Waals surface area (Å²) in [6.45, 7) is 9.06. The van der Waals surface area contributed by atoms with Crippen LogP contribution >= 0.6 is 0 Å². The third-order valence-electron chi connectivity index (χ3n) is 5.74. The van der Waals surface area contributed by atoms with E-state index in [0.29, 0.717) is 24.6 Å². The number of aromatic nitrogens is 4. The molecule has 2 N–H and O–H groups in total. The largest absolute Gasteiger partial charge is 0.378 e. The second-order valence-corrected chi connectivity index (χ2v) is 9.75. The lowest BCUT2D eigenvalue weighted by atomic mass is 10.1. The lowest BCUT2D eigenvalue weighted by molar-refractivity contribution is 0.102. The van der Waals surface area contributed by atoms with Gasteiger partial charge in [0, 0.05) is 47.5 Å². The van der Waals surface area contributed by atoms with Gasteiger partial charge in [-0.2, -0.15) is 0 Å². The number of fused-ring (bicyclic) bond motifs is 1. The van der Waals surface area contributed by atoms with Gasteiger partial charge in [-0.3, -0.25) is 9.78 Å². The molecule has 36 heavy (non-hydrogen) atoms. The van der Waals surface area contributed by atoms with Crippen LogP contribution in [0.2, 0.25) is 0 Å². The van der Waals surface area contributed by atoms with Crippen molar-refractivity contribution in [3.05, 3.63) is 66.7 Å². The van der Waals surface area contributed by atoms with Gasteiger partial charge >= 0.3 is 0 Å². The molecule has 0 saturated carbocycles. The van der Waals surface area contributed by atoms with Crippen molar-refractivity contribution in [2.24, 2.45) is 0 Å². The van der Waals surface area contributed by atoms with Crippen LogP contribution in [0.1, 0.15) is 31.1 Å². The van der Waals surface area contributed by atoms with E-state index in [9.17, 15) is 4.79 Å². The third kappa shape index (κ3) is 5.58. The zero-order valence-corrected chi connectivity index (χ0v) is 20.7. The molecule has 0 spiro atoms. The van der Waals surface area contributed by atoms with Crippen molar-refractivity contribution in [2.45, 2.75) is 26.3 Å². The molecule has 9 heteroatoms. The highest BCUT2D eigenvalue weighted by molar-refractivity contribution is 6.05. The van der Waals surface area contributed by atoms with Crippen LogP contribution in [0.3, 0.4) is 0 Å². The molecule has 0 bridgehead atoms. The number of carbonyl (C=O) groups excluding carboxylic acids is 1. The van der Waals surface area contributed by atoms with Gasteiger partial charge in [0.2, 0.25) is 0 Å². The molecule has 0 radical (unpaired) electrons. The van der Waals surface area contributed by atoms with Crippen LogP contribution in [0.4, 0.5) is 17.5 Å². The molecule has 9 nitrogen and oxygen atoms in total. The molecule has 3 aromatic heterocycles. The van der Waals surface area contributed by atoms with Crippen molar-refractivity contribution >= 4 is 34.1 Å². The first-order valence-corrected chi connectivity index (χ1v) is 11.9. The van der Waals surface area contributed by atoms with E-state index in [1.807, 2.05) is 24.3 Å². The van der Waals surface area contributed by atoms with Crippen molar-refractivity contribution in [1.29, 1.82) is 0 Å². The number of pyridine rings is 2. The van der Waals surface area contributed by atoms with Gasteiger partial charge in [-0.1, -0.05) is 12.1 Å². The zero-order chi connectivity index (χ0) is 25.1. The average Bonchev–Trinajstić information content (AvgIpc) is 2.88. The number of anilines is 3. The lowest BCUT2D eigenvalue weighted by Crippen LogP contribution is -2.36. The molecule has 1 aromatic carbocycles. The summed E-state index contributed by atoms with van der Waals surface area (Å²) < 4.78 is 5.41. The molecule has 0 atom stereocenters. The zero-order valence-electron chi connectivity index (χ0n) is 20.7. The number of nitrogens with zero attached hydrogens (tertiary/aromatic N) is 5. The van der Waals surface area contributed by atoms with Gasteiger partial charge in [-0.15, -0.1) is 0 Å². The van der Waals surface area contributed by atoms with E-state index in [4.69, 9.17) is 9.72 Å². The number of amides is 1. The van der Waals surface area contributed by atoms with Gasteiger partial charge in [0.25, 0.3) is 5.91 Å². The first-order valence-electron chi connectivity index (χ1n) is 11.9. The molecule has 1 aliphatic heterocycles. The van der Waals surface area contributed by atoms with Gasteiger partial charge in [0.15, 0.2) is 0 Å². The molecular formula is C27H29N7O2. The average molecular weight is 484 g/mol. The minimum Gasteiger partial charge on any atom is -0.378 e. The van der Waals surface area contributed by atoms with Crippen molar-refractivity contribution in [1.82, 2.24) is 19.9 Å². The molecule has 1 amide bonds. The van der Waals surface area contributed by atoms with Crippen LogP contribution in [0.25, 0.3) is 22.0 Å². The standard InChI is InChI=1S/C27H29N7O2/c1-27(2,3)33-24-17-28-16-22(31-24)18-4-5-20-15-30-23(13-21(20)12-18)32-26(35)19-6-7-29-25(14-19)34-8-10-36-11-9-34/h4-7,12-17H,8-11H2,1-3H3,(H,31,33)(H,30,32,35). The maximum absolute atomic E-state index is 13.0. The number of carbonyl (C=O) groups is 1. The number of nitrogens with one attached hydrogen (secondary N) is 2. The van der Waals surface area contributed by atoms with Crippen LogP contribution in [0, 0.1) is 0 Å². The van der Waals surface area contributed by atoms with Gasteiger partial charge in [-0.05, 0) is 50.4 Å². The van der Waals surface area contributed by atoms with Crippen molar-refractivity contribution in [3.63, 3.8) is 0 Å². The fourth-order valence-electron chi connectivity index (χ4n) is 4.03. The van der Waals surface area contributed by atoms with Gasteiger partial charge < -0.3 is 20.3 Å². The molecule has 1 fully saturated rings. The highest BCUT2D eigenvalue weighted by atomic mass is 16.5. The summed E-state index contributed by atoms with van der Waals surface area (Å²) in [7, 11) is 0. The topological polar surface area (TPSA) is 105 Å². The van der Waals surface area contributed by atoms with Crippen LogP contribution < -0.4 is 15.5 Å². The minimum atomic E-state index is -0.235. The third-order valence-corrected chi connectivity index (χ3v) is 5.74. The molecule has 1 aliphatic rings. The van der Waals surface area contributed by atoms with E-state index in [2.05, 4.69) is 51.3 Å². The molecule has 4 aromatic rings. The summed E-state index contributed by atoms with van der Waals surface area (Å²) in [6.07, 6.45) is 6.87. The Labute approximate surface area is 210 Å². The van der Waals surface area contributed by atoms with Crippen LogP contribution in [-0.4, -0.2) is 57.7 Å². The van der Waals surface area contributed by atoms with E-state index < -0.39 is 0 Å². The van der Waals surface area contributed by atoms with Crippen LogP contribution in [-0.2, 0) is 4.74 Å². The fraction of sp³-hybridized carbons (Fsp3) is 0.296. The Morgan fingerprint density at radius 3 is 2.58 bits per heavy atom. The molecule has 0 unspecified atom stereocenters. The van der Waals surface area contributed by atoms with E-state index in [1.165, 1.54) is 0 Å². The smallest absolute Gasteiger partial charge is 0.257 e.